The van der Waals surface area contributed by atoms with Crippen molar-refractivity contribution in [2.75, 3.05) is 5.32 Å². The summed E-state index contributed by atoms with van der Waals surface area (Å²) in [5.41, 5.74) is 0.482. The third kappa shape index (κ3) is 3.47. The van der Waals surface area contributed by atoms with Gasteiger partial charge in [0.2, 0.25) is 0 Å². The third-order valence-electron chi connectivity index (χ3n) is 3.64. The molecule has 3 rings (SSSR count). The molecule has 0 radical (unpaired) electrons. The number of imidazole rings is 1. The van der Waals surface area contributed by atoms with Crippen LogP contribution in [0.15, 0.2) is 42.9 Å². The number of carbonyl (C=O) groups is 1. The molecule has 0 aliphatic carbocycles. The third-order valence-corrected chi connectivity index (χ3v) is 3.64. The number of hydrogen-bond donors (Lipinski definition) is 1. The summed E-state index contributed by atoms with van der Waals surface area (Å²) in [4.78, 5) is 20.9. The molecule has 5 nitrogen and oxygen atoms in total. The number of amides is 1. The molecule has 0 aromatic carbocycles. The Morgan fingerprint density at radius 3 is 2.72 bits per heavy atom. The quantitative estimate of drug-likeness (QED) is 0.777. The van der Waals surface area contributed by atoms with Crippen molar-refractivity contribution in [3.8, 4) is 0 Å². The van der Waals surface area contributed by atoms with Crippen LogP contribution in [-0.4, -0.2) is 20.3 Å². The topological polar surface area (TPSA) is 59.3 Å². The van der Waals surface area contributed by atoms with Gasteiger partial charge in [0.25, 0.3) is 5.91 Å². The number of alkyl halides is 3. The first kappa shape index (κ1) is 16.9. The molecule has 0 saturated carbocycles. The highest BCUT2D eigenvalue weighted by atomic mass is 19.4. The fraction of sp³-hybridized carbons (Fsp3) is 0.235. The number of aromatic nitrogens is 3. The van der Waals surface area contributed by atoms with Crippen molar-refractivity contribution in [1.82, 2.24) is 14.4 Å². The van der Waals surface area contributed by atoms with Gasteiger partial charge in [-0.25, -0.2) is 4.98 Å². The molecule has 0 aliphatic rings. The van der Waals surface area contributed by atoms with E-state index >= 15 is 0 Å². The highest BCUT2D eigenvalue weighted by Crippen LogP contribution is 2.30. The second-order valence-electron chi connectivity index (χ2n) is 5.50. The first-order valence-electron chi connectivity index (χ1n) is 7.69. The summed E-state index contributed by atoms with van der Waals surface area (Å²) in [6, 6.07) is 5.53. The fourth-order valence-electron chi connectivity index (χ4n) is 2.54. The smallest absolute Gasteiger partial charge is 0.319 e. The van der Waals surface area contributed by atoms with Crippen LogP contribution in [0.3, 0.4) is 0 Å². The van der Waals surface area contributed by atoms with Gasteiger partial charge in [0.05, 0.1) is 23.1 Å². The lowest BCUT2D eigenvalue weighted by atomic mass is 10.2. The number of halogens is 3. The van der Waals surface area contributed by atoms with Crippen molar-refractivity contribution in [1.29, 1.82) is 0 Å². The molecule has 8 heteroatoms. The van der Waals surface area contributed by atoms with E-state index in [0.717, 1.165) is 12.3 Å². The van der Waals surface area contributed by atoms with Gasteiger partial charge in [-0.1, -0.05) is 13.3 Å². The number of fused-ring (bicyclic) bond motifs is 1. The van der Waals surface area contributed by atoms with E-state index in [4.69, 9.17) is 0 Å². The summed E-state index contributed by atoms with van der Waals surface area (Å²) < 4.78 is 40.2. The minimum absolute atomic E-state index is 0.104. The first-order valence-corrected chi connectivity index (χ1v) is 7.69. The highest BCUT2D eigenvalue weighted by molar-refractivity contribution is 6.04. The van der Waals surface area contributed by atoms with E-state index in [0.29, 0.717) is 29.9 Å². The lowest BCUT2D eigenvalue weighted by Gasteiger charge is -2.09. The normalized spacial score (nSPS) is 11.7. The van der Waals surface area contributed by atoms with Crippen LogP contribution in [0.2, 0.25) is 0 Å². The Balaban J connectivity index is 2.09. The molecule has 0 saturated heterocycles. The largest absolute Gasteiger partial charge is 0.417 e. The average molecular weight is 348 g/mol. The molecule has 0 aliphatic heterocycles. The Hall–Kier alpha value is -2.90. The van der Waals surface area contributed by atoms with Crippen LogP contribution in [-0.2, 0) is 12.6 Å². The van der Waals surface area contributed by atoms with Crippen LogP contribution in [0, 0.1) is 0 Å². The summed E-state index contributed by atoms with van der Waals surface area (Å²) >= 11 is 0. The molecular weight excluding hydrogens is 333 g/mol. The zero-order valence-corrected chi connectivity index (χ0v) is 13.3. The molecule has 0 atom stereocenters. The maximum absolute atomic E-state index is 13.0. The van der Waals surface area contributed by atoms with Crippen LogP contribution in [0.4, 0.5) is 18.9 Å². The van der Waals surface area contributed by atoms with Gasteiger partial charge in [0, 0.05) is 12.4 Å². The van der Waals surface area contributed by atoms with Crippen molar-refractivity contribution in [2.24, 2.45) is 0 Å². The summed E-state index contributed by atoms with van der Waals surface area (Å²) in [5, 5.41) is 2.65. The second kappa shape index (κ2) is 6.54. The van der Waals surface area contributed by atoms with Gasteiger partial charge < -0.3 is 5.32 Å². The second-order valence-corrected chi connectivity index (χ2v) is 5.50. The van der Waals surface area contributed by atoms with Crippen LogP contribution in [0.5, 0.6) is 0 Å². The van der Waals surface area contributed by atoms with Crippen molar-refractivity contribution < 1.29 is 18.0 Å². The summed E-state index contributed by atoms with van der Waals surface area (Å²) in [6.07, 6.45) is 0.617. The summed E-state index contributed by atoms with van der Waals surface area (Å²) in [5.74, 6) is -0.525. The van der Waals surface area contributed by atoms with E-state index in [1.807, 2.05) is 6.92 Å². The van der Waals surface area contributed by atoms with Crippen LogP contribution in [0.1, 0.15) is 35.1 Å². The van der Waals surface area contributed by atoms with E-state index in [2.05, 4.69) is 15.3 Å². The van der Waals surface area contributed by atoms with Gasteiger partial charge in [-0.3, -0.25) is 14.2 Å². The van der Waals surface area contributed by atoms with Gasteiger partial charge in [0.15, 0.2) is 0 Å². The molecule has 1 amide bonds. The molecular formula is C17H15F3N4O. The van der Waals surface area contributed by atoms with E-state index in [-0.39, 0.29) is 5.69 Å². The van der Waals surface area contributed by atoms with Crippen LogP contribution >= 0.6 is 0 Å². The minimum atomic E-state index is -4.50. The predicted molar refractivity (Wildman–Crippen MR) is 86.4 cm³/mol. The number of nitrogens with zero attached hydrogens (tertiary/aromatic N) is 3. The summed E-state index contributed by atoms with van der Waals surface area (Å²) in [6.45, 7) is 1.91. The highest BCUT2D eigenvalue weighted by Gasteiger charge is 2.32. The van der Waals surface area contributed by atoms with Crippen molar-refractivity contribution in [3.05, 3.63) is 59.8 Å². The van der Waals surface area contributed by atoms with E-state index in [9.17, 15) is 18.0 Å². The lowest BCUT2D eigenvalue weighted by molar-refractivity contribution is -0.137. The van der Waals surface area contributed by atoms with Gasteiger partial charge in [0.1, 0.15) is 11.3 Å². The van der Waals surface area contributed by atoms with Crippen molar-refractivity contribution in [3.63, 3.8) is 0 Å². The standard InChI is InChI=1S/C17H15F3N4O/c1-2-4-13-15(16(25)22-12-5-3-8-21-9-12)24-10-11(17(18,19)20)6-7-14(24)23-13/h3,5-10H,2,4H2,1H3,(H,22,25). The lowest BCUT2D eigenvalue weighted by Crippen LogP contribution is -2.17. The maximum atomic E-state index is 13.0. The van der Waals surface area contributed by atoms with Gasteiger partial charge in [-0.2, -0.15) is 13.2 Å². The Kier molecular flexibility index (Phi) is 4.43. The number of pyridine rings is 2. The maximum Gasteiger partial charge on any atom is 0.417 e. The van der Waals surface area contributed by atoms with E-state index < -0.39 is 17.6 Å². The molecule has 0 fully saturated rings. The van der Waals surface area contributed by atoms with Crippen LogP contribution < -0.4 is 5.32 Å². The molecule has 0 spiro atoms. The number of aryl methyl sites for hydroxylation is 1. The number of carbonyl (C=O) groups excluding carboxylic acids is 1. The molecule has 1 N–H and O–H groups in total. The van der Waals surface area contributed by atoms with Crippen molar-refractivity contribution >= 4 is 17.2 Å². The molecule has 3 aromatic rings. The molecule has 25 heavy (non-hydrogen) atoms. The number of rotatable bonds is 4. The Bertz CT molecular complexity index is 903. The predicted octanol–water partition coefficient (Wildman–Crippen LogP) is 3.95. The minimum Gasteiger partial charge on any atom is -0.319 e. The van der Waals surface area contributed by atoms with E-state index in [1.54, 1.807) is 18.3 Å². The molecule has 130 valence electrons. The first-order chi connectivity index (χ1) is 11.9. The zero-order valence-electron chi connectivity index (χ0n) is 13.3. The monoisotopic (exact) mass is 348 g/mol. The molecule has 0 bridgehead atoms. The SMILES string of the molecule is CCCc1nc2ccc(C(F)(F)F)cn2c1C(=O)Nc1cccnc1. The van der Waals surface area contributed by atoms with Gasteiger partial charge in [-0.15, -0.1) is 0 Å². The Morgan fingerprint density at radius 1 is 1.28 bits per heavy atom. The molecule has 3 heterocycles. The van der Waals surface area contributed by atoms with Crippen molar-refractivity contribution in [2.45, 2.75) is 25.9 Å². The molecule has 0 unspecified atom stereocenters. The van der Waals surface area contributed by atoms with E-state index in [1.165, 1.54) is 16.7 Å². The number of nitrogens with one attached hydrogen (secondary N) is 1. The molecule has 3 aromatic heterocycles. The average Bonchev–Trinajstić information content (AvgIpc) is 2.92. The Labute approximate surface area is 141 Å². The Morgan fingerprint density at radius 2 is 2.08 bits per heavy atom. The number of anilines is 1. The zero-order chi connectivity index (χ0) is 18.0. The van der Waals surface area contributed by atoms with Crippen LogP contribution in [0.25, 0.3) is 5.65 Å². The van der Waals surface area contributed by atoms with Gasteiger partial charge in [-0.05, 0) is 30.7 Å². The van der Waals surface area contributed by atoms with Gasteiger partial charge >= 0.3 is 6.18 Å². The fourth-order valence-corrected chi connectivity index (χ4v) is 2.54. The number of hydrogen-bond acceptors (Lipinski definition) is 3. The summed E-state index contributed by atoms with van der Waals surface area (Å²) in [7, 11) is 0.